The summed E-state index contributed by atoms with van der Waals surface area (Å²) in [5.41, 5.74) is 0. The number of thiocarbonyl (C=S) groups is 1. The predicted octanol–water partition coefficient (Wildman–Crippen LogP) is 2.28. The zero-order valence-electron chi connectivity index (χ0n) is 16.7. The molecule has 1 fully saturated rings. The van der Waals surface area contributed by atoms with Crippen LogP contribution in [0, 0.1) is 0 Å². The van der Waals surface area contributed by atoms with Gasteiger partial charge in [0.15, 0.2) is 5.11 Å². The van der Waals surface area contributed by atoms with Crippen molar-refractivity contribution >= 4 is 35.1 Å². The van der Waals surface area contributed by atoms with E-state index >= 15 is 0 Å². The van der Waals surface area contributed by atoms with Crippen LogP contribution in [-0.2, 0) is 19.1 Å². The van der Waals surface area contributed by atoms with E-state index in [1.54, 1.807) is 4.90 Å². The molecule has 154 valence electrons. The largest absolute Gasteiger partial charge is 0.463 e. The monoisotopic (exact) mass is 399 g/mol. The molecule has 0 spiro atoms. The summed E-state index contributed by atoms with van der Waals surface area (Å²) in [7, 11) is 0. The molecular formula is C19H33N3O4S. The Morgan fingerprint density at radius 3 is 2.67 bits per heavy atom. The van der Waals surface area contributed by atoms with Gasteiger partial charge in [-0.05, 0) is 32.0 Å². The lowest BCUT2D eigenvalue weighted by atomic mass is 10.1. The van der Waals surface area contributed by atoms with E-state index in [-0.39, 0.29) is 29.5 Å². The summed E-state index contributed by atoms with van der Waals surface area (Å²) in [5, 5.41) is 5.64. The van der Waals surface area contributed by atoms with E-state index in [2.05, 4.69) is 17.6 Å². The Kier molecular flexibility index (Phi) is 10.9. The van der Waals surface area contributed by atoms with Crippen molar-refractivity contribution in [2.24, 2.45) is 0 Å². The summed E-state index contributed by atoms with van der Waals surface area (Å²) in [5.74, 6) is -0.872. The maximum absolute atomic E-state index is 12.2. The molecular weight excluding hydrogens is 366 g/mol. The van der Waals surface area contributed by atoms with Crippen molar-refractivity contribution in [2.75, 3.05) is 13.1 Å². The lowest BCUT2D eigenvalue weighted by molar-refractivity contribution is -0.151. The molecule has 1 rings (SSSR count). The molecule has 27 heavy (non-hydrogen) atoms. The number of nitrogens with zero attached hydrogens (tertiary/aromatic N) is 1. The van der Waals surface area contributed by atoms with E-state index in [0.717, 1.165) is 25.7 Å². The van der Waals surface area contributed by atoms with Crippen LogP contribution in [0.5, 0.6) is 0 Å². The molecule has 1 aliphatic heterocycles. The smallest absolute Gasteiger partial charge is 0.308 e. The van der Waals surface area contributed by atoms with Crippen molar-refractivity contribution in [1.82, 2.24) is 15.5 Å². The molecule has 1 saturated heterocycles. The number of carbonyl (C=O) groups excluding carboxylic acids is 3. The summed E-state index contributed by atoms with van der Waals surface area (Å²) in [6.45, 7) is 6.74. The molecule has 2 amide bonds. The van der Waals surface area contributed by atoms with Gasteiger partial charge in [-0.3, -0.25) is 14.4 Å². The maximum Gasteiger partial charge on any atom is 0.308 e. The number of nitrogens with one attached hydrogen (secondary N) is 2. The van der Waals surface area contributed by atoms with Crippen LogP contribution >= 0.6 is 12.2 Å². The second kappa shape index (κ2) is 12.6. The summed E-state index contributed by atoms with van der Waals surface area (Å²) in [6, 6.07) is -0.757. The molecule has 0 bridgehead atoms. The van der Waals surface area contributed by atoms with Crippen LogP contribution in [0.2, 0.25) is 0 Å². The van der Waals surface area contributed by atoms with E-state index in [1.165, 1.54) is 6.42 Å². The Morgan fingerprint density at radius 2 is 2.00 bits per heavy atom. The van der Waals surface area contributed by atoms with Crippen LogP contribution in [0.15, 0.2) is 0 Å². The second-order valence-corrected chi connectivity index (χ2v) is 7.32. The van der Waals surface area contributed by atoms with Crippen LogP contribution < -0.4 is 10.6 Å². The average Bonchev–Trinajstić information content (AvgIpc) is 2.62. The minimum absolute atomic E-state index is 0.0940. The maximum atomic E-state index is 12.2. The number of amides is 2. The number of piperazine rings is 1. The molecule has 0 radical (unpaired) electrons. The molecule has 0 aliphatic carbocycles. The van der Waals surface area contributed by atoms with Gasteiger partial charge in [-0.15, -0.1) is 0 Å². The molecule has 1 aliphatic rings. The highest BCUT2D eigenvalue weighted by Gasteiger charge is 2.34. The SMILES string of the molecule is CCCCCCCC(=O)NC(=S)N1CCNC(=O)C1CC(=O)OC(C)CC. The lowest BCUT2D eigenvalue weighted by Crippen LogP contribution is -2.60. The van der Waals surface area contributed by atoms with Crippen molar-refractivity contribution < 1.29 is 19.1 Å². The van der Waals surface area contributed by atoms with Crippen LogP contribution in [0.3, 0.4) is 0 Å². The molecule has 0 aromatic heterocycles. The zero-order chi connectivity index (χ0) is 20.2. The van der Waals surface area contributed by atoms with E-state index < -0.39 is 12.0 Å². The van der Waals surface area contributed by atoms with Gasteiger partial charge in [-0.2, -0.15) is 0 Å². The summed E-state index contributed by atoms with van der Waals surface area (Å²) in [6.07, 6.45) is 6.13. The Labute approximate surface area is 167 Å². The van der Waals surface area contributed by atoms with Gasteiger partial charge in [0.1, 0.15) is 6.04 Å². The highest BCUT2D eigenvalue weighted by atomic mass is 32.1. The first kappa shape index (κ1) is 23.3. The quantitative estimate of drug-likeness (QED) is 0.333. The van der Waals surface area contributed by atoms with Gasteiger partial charge in [0.05, 0.1) is 12.5 Å². The van der Waals surface area contributed by atoms with Crippen molar-refractivity contribution in [3.63, 3.8) is 0 Å². The molecule has 0 aromatic rings. The van der Waals surface area contributed by atoms with Gasteiger partial charge >= 0.3 is 5.97 Å². The summed E-state index contributed by atoms with van der Waals surface area (Å²) in [4.78, 5) is 38.0. The van der Waals surface area contributed by atoms with Gasteiger partial charge in [-0.1, -0.05) is 39.5 Å². The standard InChI is InChI=1S/C19H33N3O4S/c1-4-6-7-8-9-10-16(23)21-19(27)22-12-11-20-18(25)15(22)13-17(24)26-14(3)5-2/h14-15H,4-13H2,1-3H3,(H,20,25)(H,21,23,27). The number of esters is 1. The lowest BCUT2D eigenvalue weighted by Gasteiger charge is -2.36. The van der Waals surface area contributed by atoms with Crippen LogP contribution in [0.1, 0.15) is 72.1 Å². The summed E-state index contributed by atoms with van der Waals surface area (Å²) >= 11 is 5.33. The average molecular weight is 400 g/mol. The number of carbonyl (C=O) groups is 3. The predicted molar refractivity (Wildman–Crippen MR) is 108 cm³/mol. The third kappa shape index (κ3) is 8.69. The third-order valence-corrected chi connectivity index (χ3v) is 4.95. The van der Waals surface area contributed by atoms with Crippen molar-refractivity contribution in [2.45, 2.75) is 84.3 Å². The second-order valence-electron chi connectivity index (χ2n) is 6.93. The van der Waals surface area contributed by atoms with E-state index in [1.807, 2.05) is 13.8 Å². The zero-order valence-corrected chi connectivity index (χ0v) is 17.5. The van der Waals surface area contributed by atoms with Crippen molar-refractivity contribution in [1.29, 1.82) is 0 Å². The molecule has 0 aromatic carbocycles. The van der Waals surface area contributed by atoms with Gasteiger partial charge < -0.3 is 20.3 Å². The first-order valence-corrected chi connectivity index (χ1v) is 10.4. The molecule has 0 saturated carbocycles. The molecule has 2 atom stereocenters. The molecule has 2 unspecified atom stereocenters. The first-order valence-electron chi connectivity index (χ1n) is 9.96. The fraction of sp³-hybridized carbons (Fsp3) is 0.789. The van der Waals surface area contributed by atoms with Crippen LogP contribution in [0.4, 0.5) is 0 Å². The van der Waals surface area contributed by atoms with Gasteiger partial charge in [-0.25, -0.2) is 0 Å². The minimum Gasteiger partial charge on any atom is -0.463 e. The van der Waals surface area contributed by atoms with E-state index in [0.29, 0.717) is 25.9 Å². The first-order chi connectivity index (χ1) is 12.9. The van der Waals surface area contributed by atoms with Crippen molar-refractivity contribution in [3.05, 3.63) is 0 Å². The number of hydrogen-bond acceptors (Lipinski definition) is 5. The number of ether oxygens (including phenoxy) is 1. The third-order valence-electron chi connectivity index (χ3n) is 4.61. The van der Waals surface area contributed by atoms with Gasteiger partial charge in [0.25, 0.3) is 0 Å². The molecule has 1 heterocycles. The highest BCUT2D eigenvalue weighted by molar-refractivity contribution is 7.80. The molecule has 2 N–H and O–H groups in total. The fourth-order valence-corrected chi connectivity index (χ4v) is 3.15. The van der Waals surface area contributed by atoms with E-state index in [9.17, 15) is 14.4 Å². The van der Waals surface area contributed by atoms with E-state index in [4.69, 9.17) is 17.0 Å². The van der Waals surface area contributed by atoms with Crippen LogP contribution in [-0.4, -0.2) is 53.0 Å². The Balaban J connectivity index is 2.54. The van der Waals surface area contributed by atoms with Gasteiger partial charge in [0.2, 0.25) is 11.8 Å². The number of hydrogen-bond donors (Lipinski definition) is 2. The fourth-order valence-electron chi connectivity index (χ4n) is 2.82. The Hall–Kier alpha value is -1.70. The Morgan fingerprint density at radius 1 is 1.30 bits per heavy atom. The minimum atomic E-state index is -0.757. The normalized spacial score (nSPS) is 17.8. The summed E-state index contributed by atoms with van der Waals surface area (Å²) < 4.78 is 5.27. The highest BCUT2D eigenvalue weighted by Crippen LogP contribution is 2.12. The van der Waals surface area contributed by atoms with Crippen molar-refractivity contribution in [3.8, 4) is 0 Å². The number of unbranched alkanes of at least 4 members (excludes halogenated alkanes) is 4. The van der Waals surface area contributed by atoms with Gasteiger partial charge in [0, 0.05) is 19.5 Å². The molecule has 7 nitrogen and oxygen atoms in total. The van der Waals surface area contributed by atoms with Crippen LogP contribution in [0.25, 0.3) is 0 Å². The molecule has 8 heteroatoms. The topological polar surface area (TPSA) is 87.7 Å². The number of rotatable bonds is 10. The Bertz CT molecular complexity index is 527.